The van der Waals surface area contributed by atoms with Gasteiger partial charge in [-0.1, -0.05) is 0 Å². The zero-order valence-corrected chi connectivity index (χ0v) is 14.6. The van der Waals surface area contributed by atoms with E-state index in [9.17, 15) is 0 Å². The Morgan fingerprint density at radius 3 is 1.95 bits per heavy atom. The van der Waals surface area contributed by atoms with E-state index in [1.807, 2.05) is 20.8 Å². The van der Waals surface area contributed by atoms with E-state index in [-0.39, 0.29) is 0 Å². The van der Waals surface area contributed by atoms with Crippen molar-refractivity contribution in [2.24, 2.45) is 0 Å². The molecule has 0 spiro atoms. The minimum atomic E-state index is -2.93. The topological polar surface area (TPSA) is 58.7 Å². The van der Waals surface area contributed by atoms with E-state index in [1.54, 1.807) is 0 Å². The molecule has 1 aliphatic heterocycles. The molecule has 1 fully saturated rings. The van der Waals surface area contributed by atoms with E-state index in [0.717, 1.165) is 39.1 Å². The highest BCUT2D eigenvalue weighted by Gasteiger charge is 2.44. The Balaban J connectivity index is 2.06. The van der Waals surface area contributed by atoms with Gasteiger partial charge < -0.3 is 27.2 Å². The summed E-state index contributed by atoms with van der Waals surface area (Å²) in [5.74, 6) is 0. The summed E-state index contributed by atoms with van der Waals surface area (Å²) in [5.41, 5.74) is 0. The molecular weight excluding hydrogens is 292 g/mol. The van der Waals surface area contributed by atoms with Crippen LogP contribution in [0.25, 0.3) is 0 Å². The number of hydrogen-bond donors (Lipinski definition) is 0. The van der Waals surface area contributed by atoms with Crippen molar-refractivity contribution in [3.8, 4) is 0 Å². The van der Waals surface area contributed by atoms with Crippen molar-refractivity contribution in [2.45, 2.75) is 46.1 Å². The molecule has 0 aromatic carbocycles. The summed E-state index contributed by atoms with van der Waals surface area (Å²) in [5, 5.41) is 0. The Morgan fingerprint density at radius 1 is 0.857 bits per heavy atom. The molecule has 6 nitrogen and oxygen atoms in total. The number of epoxide rings is 1. The van der Waals surface area contributed by atoms with E-state index in [2.05, 4.69) is 0 Å². The molecule has 0 radical (unpaired) electrons. The van der Waals surface area contributed by atoms with Gasteiger partial charge in [-0.05, 0) is 40.0 Å². The molecule has 1 saturated heterocycles. The lowest BCUT2D eigenvalue weighted by molar-refractivity contribution is -0.0282. The van der Waals surface area contributed by atoms with Crippen LogP contribution in [0.5, 0.6) is 0 Å². The molecule has 0 amide bonds. The number of unbranched alkanes of at least 4 members (excludes halogenated alkanes) is 2. The fourth-order valence-corrected chi connectivity index (χ4v) is 3.79. The Labute approximate surface area is 129 Å². The highest BCUT2D eigenvalue weighted by molar-refractivity contribution is 6.53. The molecule has 1 atom stereocenters. The summed E-state index contributed by atoms with van der Waals surface area (Å²) in [6.07, 6.45) is 3.39. The van der Waals surface area contributed by atoms with Gasteiger partial charge in [0.25, 0.3) is 0 Å². The van der Waals surface area contributed by atoms with Crippen LogP contribution in [0.3, 0.4) is 0 Å². The van der Waals surface area contributed by atoms with Gasteiger partial charge in [0, 0.05) is 33.0 Å². The SMILES string of the molecule is CCO[Si](OCC)(OCC)OCCCCCOCC1CO1. The molecule has 0 bridgehead atoms. The quantitative estimate of drug-likeness (QED) is 0.261. The maximum absolute atomic E-state index is 5.82. The van der Waals surface area contributed by atoms with Crippen LogP contribution in [-0.4, -0.2) is 61.4 Å². The summed E-state index contributed by atoms with van der Waals surface area (Å²) in [6, 6.07) is 0. The van der Waals surface area contributed by atoms with Crippen molar-refractivity contribution in [3.05, 3.63) is 0 Å². The second-order valence-electron chi connectivity index (χ2n) is 4.74. The monoisotopic (exact) mass is 322 g/mol. The molecule has 126 valence electrons. The molecular formula is C14H30O6Si. The van der Waals surface area contributed by atoms with Crippen LogP contribution in [0.1, 0.15) is 40.0 Å². The van der Waals surface area contributed by atoms with Crippen LogP contribution in [0, 0.1) is 0 Å². The lowest BCUT2D eigenvalue weighted by Gasteiger charge is -2.26. The normalized spacial score (nSPS) is 18.1. The van der Waals surface area contributed by atoms with Crippen LogP contribution in [0.4, 0.5) is 0 Å². The van der Waals surface area contributed by atoms with Crippen molar-refractivity contribution >= 4 is 9.05 Å². The summed E-state index contributed by atoms with van der Waals surface area (Å²) in [7, 11) is -2.93. The second kappa shape index (κ2) is 11.5. The zero-order valence-electron chi connectivity index (χ0n) is 13.6. The van der Waals surface area contributed by atoms with Gasteiger partial charge in [-0.3, -0.25) is 0 Å². The first-order valence-corrected chi connectivity index (χ1v) is 9.64. The molecule has 0 aromatic heterocycles. The van der Waals surface area contributed by atoms with E-state index in [4.69, 9.17) is 27.2 Å². The first-order chi connectivity index (χ1) is 10.3. The fraction of sp³-hybridized carbons (Fsp3) is 1.00. The van der Waals surface area contributed by atoms with Crippen LogP contribution in [0.15, 0.2) is 0 Å². The van der Waals surface area contributed by atoms with Gasteiger partial charge >= 0.3 is 9.05 Å². The molecule has 7 heteroatoms. The Kier molecular flexibility index (Phi) is 10.4. The number of hydrogen-bond acceptors (Lipinski definition) is 6. The predicted octanol–water partition coefficient (Wildman–Crippen LogP) is 2.13. The van der Waals surface area contributed by atoms with Crippen molar-refractivity contribution < 1.29 is 27.2 Å². The average molecular weight is 322 g/mol. The molecule has 0 saturated carbocycles. The largest absolute Gasteiger partial charge is 0.679 e. The fourth-order valence-electron chi connectivity index (χ4n) is 1.84. The van der Waals surface area contributed by atoms with E-state index >= 15 is 0 Å². The standard InChI is InChI=1S/C14H30O6Si/c1-4-17-21(18-5-2,19-6-3)20-11-9-7-8-10-15-12-14-13-16-14/h14H,4-13H2,1-3H3. The summed E-state index contributed by atoms with van der Waals surface area (Å²) < 4.78 is 33.3. The zero-order chi connectivity index (χ0) is 15.4. The summed E-state index contributed by atoms with van der Waals surface area (Å²) >= 11 is 0. The molecule has 1 unspecified atom stereocenters. The van der Waals surface area contributed by atoms with Crippen molar-refractivity contribution in [1.29, 1.82) is 0 Å². The van der Waals surface area contributed by atoms with E-state index < -0.39 is 9.05 Å². The van der Waals surface area contributed by atoms with Gasteiger partial charge in [-0.2, -0.15) is 0 Å². The van der Waals surface area contributed by atoms with Gasteiger partial charge in [-0.15, -0.1) is 0 Å². The molecule has 0 aromatic rings. The van der Waals surface area contributed by atoms with Gasteiger partial charge in [0.2, 0.25) is 0 Å². The van der Waals surface area contributed by atoms with Crippen molar-refractivity contribution in [3.63, 3.8) is 0 Å². The number of ether oxygens (including phenoxy) is 2. The van der Waals surface area contributed by atoms with E-state index in [1.165, 1.54) is 0 Å². The van der Waals surface area contributed by atoms with Crippen LogP contribution in [0.2, 0.25) is 0 Å². The lowest BCUT2D eigenvalue weighted by atomic mass is 10.2. The smallest absolute Gasteiger partial charge is 0.379 e. The highest BCUT2D eigenvalue weighted by Crippen LogP contribution is 2.13. The third-order valence-electron chi connectivity index (χ3n) is 2.88. The molecule has 1 heterocycles. The highest BCUT2D eigenvalue weighted by atomic mass is 28.4. The molecule has 0 N–H and O–H groups in total. The minimum Gasteiger partial charge on any atom is -0.379 e. The summed E-state index contributed by atoms with van der Waals surface area (Å²) in [4.78, 5) is 0. The first kappa shape index (κ1) is 19.0. The van der Waals surface area contributed by atoms with Crippen LogP contribution in [-0.2, 0) is 27.2 Å². The maximum Gasteiger partial charge on any atom is 0.679 e. The van der Waals surface area contributed by atoms with Gasteiger partial charge in [0.05, 0.1) is 13.2 Å². The summed E-state index contributed by atoms with van der Waals surface area (Å²) in [6.45, 7) is 10.3. The average Bonchev–Trinajstić information content (AvgIpc) is 3.27. The Morgan fingerprint density at radius 2 is 1.43 bits per heavy atom. The third-order valence-corrected chi connectivity index (χ3v) is 5.37. The Bertz CT molecular complexity index is 233. The van der Waals surface area contributed by atoms with Crippen LogP contribution < -0.4 is 0 Å². The number of rotatable bonds is 15. The molecule has 21 heavy (non-hydrogen) atoms. The molecule has 0 aliphatic carbocycles. The Hall–Kier alpha value is -0.0231. The van der Waals surface area contributed by atoms with Gasteiger partial charge in [-0.25, -0.2) is 0 Å². The minimum absolute atomic E-state index is 0.350. The molecule has 1 rings (SSSR count). The molecule has 1 aliphatic rings. The third kappa shape index (κ3) is 8.87. The second-order valence-corrected chi connectivity index (χ2v) is 6.89. The van der Waals surface area contributed by atoms with Crippen molar-refractivity contribution in [1.82, 2.24) is 0 Å². The maximum atomic E-state index is 5.82. The van der Waals surface area contributed by atoms with Crippen LogP contribution >= 0.6 is 0 Å². The lowest BCUT2D eigenvalue weighted by Crippen LogP contribution is -2.49. The first-order valence-electron chi connectivity index (χ1n) is 8.01. The van der Waals surface area contributed by atoms with Gasteiger partial charge in [0.15, 0.2) is 0 Å². The van der Waals surface area contributed by atoms with Crippen molar-refractivity contribution in [2.75, 3.05) is 46.2 Å². The van der Waals surface area contributed by atoms with Gasteiger partial charge in [0.1, 0.15) is 6.10 Å². The van der Waals surface area contributed by atoms with E-state index in [0.29, 0.717) is 32.5 Å². The predicted molar refractivity (Wildman–Crippen MR) is 81.0 cm³/mol.